The van der Waals surface area contributed by atoms with Crippen LogP contribution in [0.2, 0.25) is 0 Å². The summed E-state index contributed by atoms with van der Waals surface area (Å²) in [5, 5.41) is 0. The molecule has 0 aromatic heterocycles. The molecule has 0 saturated heterocycles. The molecular formula is C19H22N2O4S. The number of fused-ring (bicyclic) bond motifs is 1. The van der Waals surface area contributed by atoms with Crippen LogP contribution in [0.3, 0.4) is 0 Å². The van der Waals surface area contributed by atoms with Gasteiger partial charge < -0.3 is 0 Å². The fraction of sp³-hybridized carbons (Fsp3) is 0.316. The molecule has 1 amide bonds. The Morgan fingerprint density at radius 2 is 1.77 bits per heavy atom. The Kier molecular flexibility index (Phi) is 5.70. The number of nitrogens with zero attached hydrogens (tertiary/aromatic N) is 1. The van der Waals surface area contributed by atoms with E-state index in [1.54, 1.807) is 6.92 Å². The van der Waals surface area contributed by atoms with Crippen LogP contribution in [-0.4, -0.2) is 30.4 Å². The quantitative estimate of drug-likeness (QED) is 0.785. The molecule has 0 radical (unpaired) electrons. The highest BCUT2D eigenvalue weighted by atomic mass is 32.2. The van der Waals surface area contributed by atoms with E-state index in [4.69, 9.17) is 4.84 Å². The number of hydroxylamine groups is 1. The summed E-state index contributed by atoms with van der Waals surface area (Å²) >= 11 is 0. The minimum absolute atomic E-state index is 0.0518. The first kappa shape index (κ1) is 18.6. The molecule has 0 spiro atoms. The van der Waals surface area contributed by atoms with Crippen LogP contribution in [0.25, 0.3) is 0 Å². The predicted molar refractivity (Wildman–Crippen MR) is 98.3 cm³/mol. The maximum atomic E-state index is 12.6. The number of hydrogen-bond acceptors (Lipinski definition) is 4. The molecule has 6 nitrogen and oxygen atoms in total. The summed E-state index contributed by atoms with van der Waals surface area (Å²) in [6.07, 6.45) is 0.329. The van der Waals surface area contributed by atoms with Gasteiger partial charge in [-0.2, -0.15) is 4.31 Å². The second-order valence-corrected chi connectivity index (χ2v) is 8.39. The van der Waals surface area contributed by atoms with E-state index in [0.717, 1.165) is 16.7 Å². The van der Waals surface area contributed by atoms with Crippen molar-refractivity contribution in [1.29, 1.82) is 0 Å². The number of benzene rings is 2. The zero-order valence-corrected chi connectivity index (χ0v) is 15.4. The van der Waals surface area contributed by atoms with Crippen molar-refractivity contribution in [3.63, 3.8) is 0 Å². The number of rotatable bonds is 6. The molecule has 1 aliphatic rings. The van der Waals surface area contributed by atoms with E-state index in [9.17, 15) is 13.2 Å². The Balaban J connectivity index is 1.73. The molecule has 26 heavy (non-hydrogen) atoms. The molecule has 3 rings (SSSR count). The number of hydrogen-bond donors (Lipinski definition) is 1. The molecule has 1 aliphatic heterocycles. The van der Waals surface area contributed by atoms with Gasteiger partial charge >= 0.3 is 0 Å². The van der Waals surface area contributed by atoms with Gasteiger partial charge in [0.15, 0.2) is 0 Å². The van der Waals surface area contributed by atoms with Crippen molar-refractivity contribution >= 4 is 15.9 Å². The molecule has 2 aromatic carbocycles. The molecule has 1 atom stereocenters. The van der Waals surface area contributed by atoms with Crippen LogP contribution in [-0.2, 0) is 39.2 Å². The second kappa shape index (κ2) is 7.99. The molecule has 2 aromatic rings. The van der Waals surface area contributed by atoms with Gasteiger partial charge in [0.1, 0.15) is 6.04 Å². The van der Waals surface area contributed by atoms with Gasteiger partial charge in [-0.05, 0) is 30.0 Å². The largest absolute Gasteiger partial charge is 0.271 e. The number of sulfonamides is 1. The fourth-order valence-corrected chi connectivity index (χ4v) is 4.24. The van der Waals surface area contributed by atoms with Gasteiger partial charge in [-0.15, -0.1) is 0 Å². The van der Waals surface area contributed by atoms with E-state index in [1.807, 2.05) is 54.6 Å². The van der Waals surface area contributed by atoms with Crippen molar-refractivity contribution in [2.24, 2.45) is 0 Å². The fourth-order valence-electron chi connectivity index (χ4n) is 3.01. The summed E-state index contributed by atoms with van der Waals surface area (Å²) in [6.45, 7) is 2.00. The Labute approximate surface area is 153 Å². The lowest BCUT2D eigenvalue weighted by atomic mass is 9.95. The number of nitrogens with one attached hydrogen (secondary N) is 1. The van der Waals surface area contributed by atoms with Crippen LogP contribution < -0.4 is 5.48 Å². The first-order chi connectivity index (χ1) is 12.5. The van der Waals surface area contributed by atoms with Crippen LogP contribution in [0.5, 0.6) is 0 Å². The van der Waals surface area contributed by atoms with Crippen molar-refractivity contribution in [1.82, 2.24) is 9.79 Å². The van der Waals surface area contributed by atoms with E-state index in [-0.39, 0.29) is 18.9 Å². The minimum Gasteiger partial charge on any atom is -0.271 e. The van der Waals surface area contributed by atoms with Gasteiger partial charge in [0.2, 0.25) is 10.0 Å². The number of amides is 1. The van der Waals surface area contributed by atoms with Crippen LogP contribution in [0.1, 0.15) is 23.6 Å². The lowest BCUT2D eigenvalue weighted by molar-refractivity contribution is -0.139. The van der Waals surface area contributed by atoms with Crippen molar-refractivity contribution in [2.75, 3.05) is 5.75 Å². The van der Waals surface area contributed by atoms with E-state index >= 15 is 0 Å². The first-order valence-corrected chi connectivity index (χ1v) is 10.1. The lowest BCUT2D eigenvalue weighted by Gasteiger charge is -2.34. The van der Waals surface area contributed by atoms with Crippen molar-refractivity contribution in [3.8, 4) is 0 Å². The molecule has 0 bridgehead atoms. The third-order valence-corrected chi connectivity index (χ3v) is 6.31. The van der Waals surface area contributed by atoms with E-state index in [2.05, 4.69) is 5.48 Å². The molecule has 0 saturated carbocycles. The van der Waals surface area contributed by atoms with Gasteiger partial charge in [-0.25, -0.2) is 13.9 Å². The van der Waals surface area contributed by atoms with E-state index in [0.29, 0.717) is 6.42 Å². The molecular weight excluding hydrogens is 352 g/mol. The van der Waals surface area contributed by atoms with Crippen molar-refractivity contribution < 1.29 is 18.0 Å². The SMILES string of the molecule is CCS(=O)(=O)N1Cc2ccccc2C[C@H]1C(=O)NOCc1ccccc1. The molecule has 0 fully saturated rings. The molecule has 1 N–H and O–H groups in total. The average Bonchev–Trinajstić information content (AvgIpc) is 2.67. The molecule has 7 heteroatoms. The van der Waals surface area contributed by atoms with Crippen LogP contribution in [0.4, 0.5) is 0 Å². The second-order valence-electron chi connectivity index (χ2n) is 6.18. The maximum Gasteiger partial charge on any atom is 0.262 e. The maximum absolute atomic E-state index is 12.6. The van der Waals surface area contributed by atoms with Gasteiger partial charge in [-0.1, -0.05) is 54.6 Å². The van der Waals surface area contributed by atoms with Crippen molar-refractivity contribution in [2.45, 2.75) is 32.5 Å². The Hall–Kier alpha value is -2.22. The standard InChI is InChI=1S/C19H22N2O4S/c1-2-26(23,24)21-13-17-11-7-6-10-16(17)12-18(21)19(22)20-25-14-15-8-4-3-5-9-15/h3-11,18H,2,12-14H2,1H3,(H,20,22)/t18-/m0/s1. The van der Waals surface area contributed by atoms with Gasteiger partial charge in [0.25, 0.3) is 5.91 Å². The van der Waals surface area contributed by atoms with Gasteiger partial charge in [0, 0.05) is 6.54 Å². The van der Waals surface area contributed by atoms with Crippen LogP contribution in [0, 0.1) is 0 Å². The minimum atomic E-state index is -3.52. The lowest BCUT2D eigenvalue weighted by Crippen LogP contribution is -2.52. The molecule has 0 aliphatic carbocycles. The Bertz CT molecular complexity index is 868. The van der Waals surface area contributed by atoms with E-state index in [1.165, 1.54) is 4.31 Å². The predicted octanol–water partition coefficient (Wildman–Crippen LogP) is 2.01. The highest BCUT2D eigenvalue weighted by Gasteiger charge is 2.38. The van der Waals surface area contributed by atoms with E-state index < -0.39 is 22.0 Å². The van der Waals surface area contributed by atoms with Crippen LogP contribution in [0.15, 0.2) is 54.6 Å². The van der Waals surface area contributed by atoms with Gasteiger partial charge in [0.05, 0.1) is 12.4 Å². The number of carbonyl (C=O) groups excluding carboxylic acids is 1. The van der Waals surface area contributed by atoms with Gasteiger partial charge in [-0.3, -0.25) is 9.63 Å². The molecule has 1 heterocycles. The third kappa shape index (κ3) is 4.12. The first-order valence-electron chi connectivity index (χ1n) is 8.53. The Morgan fingerprint density at radius 1 is 1.12 bits per heavy atom. The zero-order chi connectivity index (χ0) is 18.6. The summed E-state index contributed by atoms with van der Waals surface area (Å²) in [5.74, 6) is -0.503. The highest BCUT2D eigenvalue weighted by molar-refractivity contribution is 7.89. The third-order valence-electron chi connectivity index (χ3n) is 4.48. The Morgan fingerprint density at radius 3 is 2.46 bits per heavy atom. The zero-order valence-electron chi connectivity index (χ0n) is 14.6. The summed E-state index contributed by atoms with van der Waals surface area (Å²) in [7, 11) is -3.52. The highest BCUT2D eigenvalue weighted by Crippen LogP contribution is 2.26. The normalized spacial score (nSPS) is 17.5. The molecule has 138 valence electrons. The summed E-state index contributed by atoms with van der Waals surface area (Å²) < 4.78 is 26.2. The number of carbonyl (C=O) groups is 1. The van der Waals surface area contributed by atoms with Crippen molar-refractivity contribution in [3.05, 3.63) is 71.3 Å². The summed E-state index contributed by atoms with van der Waals surface area (Å²) in [6, 6.07) is 16.2. The van der Waals surface area contributed by atoms with Crippen LogP contribution >= 0.6 is 0 Å². The monoisotopic (exact) mass is 374 g/mol. The summed E-state index contributed by atoms with van der Waals surface area (Å²) in [4.78, 5) is 17.9. The smallest absolute Gasteiger partial charge is 0.262 e. The average molecular weight is 374 g/mol. The molecule has 0 unspecified atom stereocenters. The topological polar surface area (TPSA) is 75.7 Å². The summed E-state index contributed by atoms with van der Waals surface area (Å²) in [5.41, 5.74) is 5.24.